The molecule has 0 saturated carbocycles. The molecule has 0 aromatic heterocycles. The van der Waals surface area contributed by atoms with Crippen LogP contribution in [0.3, 0.4) is 0 Å². The summed E-state index contributed by atoms with van der Waals surface area (Å²) in [5.41, 5.74) is 1.08. The maximum absolute atomic E-state index is 13.0. The van der Waals surface area contributed by atoms with Crippen molar-refractivity contribution in [3.8, 4) is 11.5 Å². The van der Waals surface area contributed by atoms with E-state index in [-0.39, 0.29) is 24.5 Å². The quantitative estimate of drug-likeness (QED) is 0.242. The fraction of sp³-hybridized carbons (Fsp3) is 0.304. The maximum Gasteiger partial charge on any atom is 0.295 e. The van der Waals surface area contributed by atoms with E-state index in [0.29, 0.717) is 35.7 Å². The average molecular weight is 426 g/mol. The highest BCUT2D eigenvalue weighted by atomic mass is 16.5. The predicted molar refractivity (Wildman–Crippen MR) is 115 cm³/mol. The summed E-state index contributed by atoms with van der Waals surface area (Å²) in [6.45, 7) is 0.929. The highest BCUT2D eigenvalue weighted by Gasteiger charge is 2.46. The summed E-state index contributed by atoms with van der Waals surface area (Å²) < 4.78 is 10.7. The molecule has 1 atom stereocenters. The first kappa shape index (κ1) is 22.3. The molecule has 8 nitrogen and oxygen atoms in total. The minimum atomic E-state index is -0.795. The van der Waals surface area contributed by atoms with Crippen molar-refractivity contribution in [3.63, 3.8) is 0 Å². The standard InChI is InChI=1S/C23H26N2O6/c1-30-17-9-8-16(14-18(17)31-2)20-19(21(27)15-6-4-3-5-7-15)22(28)23(29)25(20)12-10-24-11-13-26/h3-9,14,20,24,26-27H,10-13H2,1-2H3. The normalized spacial score (nSPS) is 17.8. The van der Waals surface area contributed by atoms with Crippen LogP contribution in [0.25, 0.3) is 5.76 Å². The summed E-state index contributed by atoms with van der Waals surface area (Å²) >= 11 is 0. The number of hydrogen-bond acceptors (Lipinski definition) is 7. The number of ketones is 1. The molecule has 1 fully saturated rings. The highest BCUT2D eigenvalue weighted by molar-refractivity contribution is 6.46. The van der Waals surface area contributed by atoms with Crippen molar-refractivity contribution in [1.29, 1.82) is 0 Å². The Morgan fingerprint density at radius 3 is 2.39 bits per heavy atom. The van der Waals surface area contributed by atoms with Crippen LogP contribution in [0.4, 0.5) is 0 Å². The largest absolute Gasteiger partial charge is 0.507 e. The van der Waals surface area contributed by atoms with Crippen molar-refractivity contribution in [1.82, 2.24) is 10.2 Å². The van der Waals surface area contributed by atoms with Gasteiger partial charge >= 0.3 is 0 Å². The molecule has 8 heteroatoms. The number of ether oxygens (including phenoxy) is 2. The van der Waals surface area contributed by atoms with Gasteiger partial charge in [-0.3, -0.25) is 9.59 Å². The lowest BCUT2D eigenvalue weighted by Crippen LogP contribution is -2.36. The zero-order chi connectivity index (χ0) is 22.4. The van der Waals surface area contributed by atoms with E-state index in [2.05, 4.69) is 5.32 Å². The number of aliphatic hydroxyl groups excluding tert-OH is 2. The minimum Gasteiger partial charge on any atom is -0.507 e. The smallest absolute Gasteiger partial charge is 0.295 e. The number of carbonyl (C=O) groups is 2. The Hall–Kier alpha value is -3.36. The molecule has 1 unspecified atom stereocenters. The third-order valence-electron chi connectivity index (χ3n) is 5.13. The molecule has 164 valence electrons. The average Bonchev–Trinajstić information content (AvgIpc) is 3.06. The van der Waals surface area contributed by atoms with Gasteiger partial charge in [-0.1, -0.05) is 36.4 Å². The number of aliphatic hydroxyl groups is 2. The third-order valence-corrected chi connectivity index (χ3v) is 5.13. The van der Waals surface area contributed by atoms with Crippen LogP contribution in [0.15, 0.2) is 54.1 Å². The molecule has 1 heterocycles. The summed E-state index contributed by atoms with van der Waals surface area (Å²) in [7, 11) is 3.02. The molecule has 3 N–H and O–H groups in total. The van der Waals surface area contributed by atoms with E-state index in [9.17, 15) is 14.7 Å². The second kappa shape index (κ2) is 10.1. The first-order valence-corrected chi connectivity index (χ1v) is 9.90. The van der Waals surface area contributed by atoms with Crippen molar-refractivity contribution >= 4 is 17.4 Å². The fourth-order valence-corrected chi connectivity index (χ4v) is 3.64. The van der Waals surface area contributed by atoms with Gasteiger partial charge in [-0.2, -0.15) is 0 Å². The van der Waals surface area contributed by atoms with Crippen molar-refractivity contribution < 1.29 is 29.3 Å². The Kier molecular flexibility index (Phi) is 7.28. The van der Waals surface area contributed by atoms with Crippen molar-refractivity contribution in [3.05, 3.63) is 65.2 Å². The zero-order valence-electron chi connectivity index (χ0n) is 17.5. The van der Waals surface area contributed by atoms with Gasteiger partial charge in [-0.25, -0.2) is 0 Å². The SMILES string of the molecule is COc1ccc(C2C(=C(O)c3ccccc3)C(=O)C(=O)N2CCNCCO)cc1OC. The second-order valence-corrected chi connectivity index (χ2v) is 6.95. The van der Waals surface area contributed by atoms with Gasteiger partial charge < -0.3 is 29.9 Å². The molecule has 3 rings (SSSR count). The summed E-state index contributed by atoms with van der Waals surface area (Å²) in [6, 6.07) is 13.0. The van der Waals surface area contributed by atoms with Crippen molar-refractivity contribution in [2.75, 3.05) is 40.5 Å². The van der Waals surface area contributed by atoms with Gasteiger partial charge in [0.1, 0.15) is 5.76 Å². The monoisotopic (exact) mass is 426 g/mol. The topological polar surface area (TPSA) is 108 Å². The highest BCUT2D eigenvalue weighted by Crippen LogP contribution is 2.41. The molecule has 1 amide bonds. The van der Waals surface area contributed by atoms with E-state index < -0.39 is 17.7 Å². The summed E-state index contributed by atoms with van der Waals surface area (Å²) in [6.07, 6.45) is 0. The molecule has 0 radical (unpaired) electrons. The van der Waals surface area contributed by atoms with Crippen LogP contribution in [-0.4, -0.2) is 67.3 Å². The van der Waals surface area contributed by atoms with E-state index >= 15 is 0 Å². The Bertz CT molecular complexity index is 973. The lowest BCUT2D eigenvalue weighted by Gasteiger charge is -2.26. The molecule has 1 aliphatic rings. The van der Waals surface area contributed by atoms with Gasteiger partial charge in [0.2, 0.25) is 0 Å². The minimum absolute atomic E-state index is 0.0191. The number of carbonyl (C=O) groups excluding carboxylic acids is 2. The number of likely N-dealkylation sites (tertiary alicyclic amines) is 1. The fourth-order valence-electron chi connectivity index (χ4n) is 3.64. The molecule has 1 aliphatic heterocycles. The van der Waals surface area contributed by atoms with E-state index in [1.807, 2.05) is 0 Å². The number of benzene rings is 2. The first-order valence-electron chi connectivity index (χ1n) is 9.90. The van der Waals surface area contributed by atoms with E-state index in [1.54, 1.807) is 48.5 Å². The van der Waals surface area contributed by atoms with Gasteiger partial charge in [0.05, 0.1) is 32.4 Å². The number of nitrogens with zero attached hydrogens (tertiary/aromatic N) is 1. The van der Waals surface area contributed by atoms with Gasteiger partial charge in [-0.05, 0) is 17.7 Å². The maximum atomic E-state index is 13.0. The van der Waals surface area contributed by atoms with Crippen molar-refractivity contribution in [2.24, 2.45) is 0 Å². The van der Waals surface area contributed by atoms with Crippen LogP contribution in [0.5, 0.6) is 11.5 Å². The van der Waals surface area contributed by atoms with Gasteiger partial charge in [0, 0.05) is 25.2 Å². The molecule has 2 aromatic carbocycles. The van der Waals surface area contributed by atoms with Crippen LogP contribution < -0.4 is 14.8 Å². The van der Waals surface area contributed by atoms with Crippen LogP contribution in [0, 0.1) is 0 Å². The number of amides is 1. The number of nitrogens with one attached hydrogen (secondary N) is 1. The van der Waals surface area contributed by atoms with E-state index in [0.717, 1.165) is 0 Å². The van der Waals surface area contributed by atoms with Crippen LogP contribution >= 0.6 is 0 Å². The molecule has 1 saturated heterocycles. The number of rotatable bonds is 9. The molecule has 0 bridgehead atoms. The molecule has 2 aromatic rings. The van der Waals surface area contributed by atoms with Crippen LogP contribution in [0.2, 0.25) is 0 Å². The number of Topliss-reactive ketones (excluding diaryl/α,β-unsaturated/α-hetero) is 1. The Labute approximate surface area is 180 Å². The van der Waals surface area contributed by atoms with Gasteiger partial charge in [0.25, 0.3) is 11.7 Å². The van der Waals surface area contributed by atoms with Gasteiger partial charge in [0.15, 0.2) is 11.5 Å². The molecule has 0 spiro atoms. The Balaban J connectivity index is 2.10. The number of methoxy groups -OCH3 is 2. The van der Waals surface area contributed by atoms with Gasteiger partial charge in [-0.15, -0.1) is 0 Å². The third kappa shape index (κ3) is 4.55. The Morgan fingerprint density at radius 2 is 1.74 bits per heavy atom. The summed E-state index contributed by atoms with van der Waals surface area (Å²) in [5, 5.41) is 22.9. The van der Waals surface area contributed by atoms with E-state index in [4.69, 9.17) is 14.6 Å². The van der Waals surface area contributed by atoms with Crippen molar-refractivity contribution in [2.45, 2.75) is 6.04 Å². The molecular weight excluding hydrogens is 400 g/mol. The Morgan fingerprint density at radius 1 is 1.03 bits per heavy atom. The second-order valence-electron chi connectivity index (χ2n) is 6.95. The first-order chi connectivity index (χ1) is 15.0. The molecule has 31 heavy (non-hydrogen) atoms. The van der Waals surface area contributed by atoms with Crippen LogP contribution in [-0.2, 0) is 9.59 Å². The van der Waals surface area contributed by atoms with Crippen LogP contribution in [0.1, 0.15) is 17.2 Å². The predicted octanol–water partition coefficient (Wildman–Crippen LogP) is 1.71. The number of hydrogen-bond donors (Lipinski definition) is 3. The summed E-state index contributed by atoms with van der Waals surface area (Å²) in [4.78, 5) is 27.2. The van der Waals surface area contributed by atoms with E-state index in [1.165, 1.54) is 19.1 Å². The molecule has 0 aliphatic carbocycles. The summed E-state index contributed by atoms with van der Waals surface area (Å²) in [5.74, 6) is -0.713. The zero-order valence-corrected chi connectivity index (χ0v) is 17.5. The lowest BCUT2D eigenvalue weighted by atomic mass is 9.95. The molecular formula is C23H26N2O6. The lowest BCUT2D eigenvalue weighted by molar-refractivity contribution is -0.139.